The monoisotopic (exact) mass is 242 g/mol. The van der Waals surface area contributed by atoms with Gasteiger partial charge in [-0.3, -0.25) is 4.79 Å². The predicted octanol–water partition coefficient (Wildman–Crippen LogP) is 4.29. The highest BCUT2D eigenvalue weighted by molar-refractivity contribution is 8.00. The molecule has 0 bridgehead atoms. The van der Waals surface area contributed by atoms with Crippen molar-refractivity contribution in [2.75, 3.05) is 0 Å². The van der Waals surface area contributed by atoms with Gasteiger partial charge in [0.25, 0.3) is 0 Å². The Bertz CT molecular complexity index is 349. The van der Waals surface area contributed by atoms with Gasteiger partial charge in [0, 0.05) is 15.7 Å². The SMILES string of the molecule is CC(C)C(C)Sc1c(Cl)cccc1C=O. The van der Waals surface area contributed by atoms with Crippen molar-refractivity contribution in [1.29, 1.82) is 0 Å². The fourth-order valence-electron chi connectivity index (χ4n) is 1.06. The third-order valence-corrected chi connectivity index (χ3v) is 4.40. The highest BCUT2D eigenvalue weighted by Gasteiger charge is 2.13. The van der Waals surface area contributed by atoms with Crippen LogP contribution in [0.25, 0.3) is 0 Å². The van der Waals surface area contributed by atoms with Crippen LogP contribution >= 0.6 is 23.4 Å². The van der Waals surface area contributed by atoms with Crippen molar-refractivity contribution in [2.24, 2.45) is 5.92 Å². The summed E-state index contributed by atoms with van der Waals surface area (Å²) in [5.41, 5.74) is 0.681. The number of carbonyl (C=O) groups excluding carboxylic acids is 1. The first-order chi connectivity index (χ1) is 7.06. The minimum atomic E-state index is 0.448. The Balaban J connectivity index is 2.97. The zero-order valence-electron chi connectivity index (χ0n) is 9.16. The van der Waals surface area contributed by atoms with Crippen molar-refractivity contribution in [3.8, 4) is 0 Å². The first-order valence-corrected chi connectivity index (χ1v) is 6.22. The van der Waals surface area contributed by atoms with Crippen molar-refractivity contribution >= 4 is 29.6 Å². The van der Waals surface area contributed by atoms with Crippen LogP contribution in [-0.4, -0.2) is 11.5 Å². The third-order valence-electron chi connectivity index (χ3n) is 2.37. The number of hydrogen-bond donors (Lipinski definition) is 0. The van der Waals surface area contributed by atoms with Crippen LogP contribution < -0.4 is 0 Å². The van der Waals surface area contributed by atoms with E-state index in [4.69, 9.17) is 11.6 Å². The van der Waals surface area contributed by atoms with Crippen molar-refractivity contribution in [3.05, 3.63) is 28.8 Å². The minimum Gasteiger partial charge on any atom is -0.298 e. The van der Waals surface area contributed by atoms with Gasteiger partial charge in [0.2, 0.25) is 0 Å². The van der Waals surface area contributed by atoms with Gasteiger partial charge in [0.15, 0.2) is 6.29 Å². The number of halogens is 1. The van der Waals surface area contributed by atoms with Crippen molar-refractivity contribution < 1.29 is 4.79 Å². The molecule has 1 aromatic rings. The van der Waals surface area contributed by atoms with Gasteiger partial charge < -0.3 is 0 Å². The first kappa shape index (κ1) is 12.6. The highest BCUT2D eigenvalue weighted by atomic mass is 35.5. The minimum absolute atomic E-state index is 0.448. The van der Waals surface area contributed by atoms with Crippen LogP contribution in [0.15, 0.2) is 23.1 Å². The largest absolute Gasteiger partial charge is 0.298 e. The molecule has 1 aromatic carbocycles. The highest BCUT2D eigenvalue weighted by Crippen LogP contribution is 2.35. The average molecular weight is 243 g/mol. The summed E-state index contributed by atoms with van der Waals surface area (Å²) in [5.74, 6) is 0.561. The second-order valence-electron chi connectivity index (χ2n) is 3.84. The average Bonchev–Trinajstić information content (AvgIpc) is 2.20. The zero-order chi connectivity index (χ0) is 11.4. The number of thioether (sulfide) groups is 1. The summed E-state index contributed by atoms with van der Waals surface area (Å²) in [4.78, 5) is 11.8. The number of rotatable bonds is 4. The molecular weight excluding hydrogens is 228 g/mol. The maximum atomic E-state index is 10.9. The molecule has 0 spiro atoms. The van der Waals surface area contributed by atoms with Crippen LogP contribution in [0, 0.1) is 5.92 Å². The lowest BCUT2D eigenvalue weighted by Crippen LogP contribution is -2.06. The van der Waals surface area contributed by atoms with E-state index in [2.05, 4.69) is 20.8 Å². The Kier molecular flexibility index (Phi) is 4.68. The number of aldehydes is 1. The van der Waals surface area contributed by atoms with E-state index in [0.717, 1.165) is 11.2 Å². The standard InChI is InChI=1S/C12H15ClOS/c1-8(2)9(3)15-12-10(7-14)5-4-6-11(12)13/h4-9H,1-3H3. The molecule has 3 heteroatoms. The summed E-state index contributed by atoms with van der Waals surface area (Å²) in [6.07, 6.45) is 0.862. The molecule has 15 heavy (non-hydrogen) atoms. The predicted molar refractivity (Wildman–Crippen MR) is 67.0 cm³/mol. The molecule has 0 N–H and O–H groups in total. The van der Waals surface area contributed by atoms with Crippen LogP contribution in [-0.2, 0) is 0 Å². The summed E-state index contributed by atoms with van der Waals surface area (Å²) in [6, 6.07) is 5.42. The molecule has 0 heterocycles. The summed E-state index contributed by atoms with van der Waals surface area (Å²) < 4.78 is 0. The van der Waals surface area contributed by atoms with E-state index in [1.54, 1.807) is 23.9 Å². The molecule has 0 radical (unpaired) electrons. The molecule has 0 saturated heterocycles. The van der Waals surface area contributed by atoms with Crippen LogP contribution in [0.2, 0.25) is 5.02 Å². The van der Waals surface area contributed by atoms with Gasteiger partial charge in [0.1, 0.15) is 0 Å². The topological polar surface area (TPSA) is 17.1 Å². The van der Waals surface area contributed by atoms with Crippen molar-refractivity contribution in [2.45, 2.75) is 30.9 Å². The lowest BCUT2D eigenvalue weighted by Gasteiger charge is -2.16. The van der Waals surface area contributed by atoms with E-state index in [1.165, 1.54) is 0 Å². The van der Waals surface area contributed by atoms with Gasteiger partial charge in [-0.15, -0.1) is 11.8 Å². The molecule has 1 atom stereocenters. The Morgan fingerprint density at radius 2 is 2.00 bits per heavy atom. The second-order valence-corrected chi connectivity index (χ2v) is 5.64. The van der Waals surface area contributed by atoms with Gasteiger partial charge >= 0.3 is 0 Å². The van der Waals surface area contributed by atoms with Crippen molar-refractivity contribution in [3.63, 3.8) is 0 Å². The van der Waals surface area contributed by atoms with Crippen LogP contribution in [0.4, 0.5) is 0 Å². The van der Waals surface area contributed by atoms with Gasteiger partial charge in [-0.2, -0.15) is 0 Å². The first-order valence-electron chi connectivity index (χ1n) is 4.96. The smallest absolute Gasteiger partial charge is 0.151 e. The van der Waals surface area contributed by atoms with Crippen LogP contribution in [0.5, 0.6) is 0 Å². The van der Waals surface area contributed by atoms with E-state index in [1.807, 2.05) is 6.07 Å². The normalized spacial score (nSPS) is 12.9. The van der Waals surface area contributed by atoms with Gasteiger partial charge in [-0.25, -0.2) is 0 Å². The molecule has 0 aliphatic rings. The van der Waals surface area contributed by atoms with E-state index >= 15 is 0 Å². The Morgan fingerprint density at radius 3 is 2.53 bits per heavy atom. The fourth-order valence-corrected chi connectivity index (χ4v) is 2.46. The molecule has 0 fully saturated rings. The van der Waals surface area contributed by atoms with Crippen molar-refractivity contribution in [1.82, 2.24) is 0 Å². The summed E-state index contributed by atoms with van der Waals surface area (Å²) in [5, 5.41) is 1.11. The van der Waals surface area contributed by atoms with Gasteiger partial charge in [-0.1, -0.05) is 44.5 Å². The maximum Gasteiger partial charge on any atom is 0.151 e. The fraction of sp³-hybridized carbons (Fsp3) is 0.417. The Morgan fingerprint density at radius 1 is 1.33 bits per heavy atom. The second kappa shape index (κ2) is 5.57. The molecule has 82 valence electrons. The molecule has 0 aliphatic carbocycles. The molecule has 0 aliphatic heterocycles. The summed E-state index contributed by atoms with van der Waals surface area (Å²) in [6.45, 7) is 6.47. The Hall–Kier alpha value is -0.470. The van der Waals surface area contributed by atoms with Gasteiger partial charge in [-0.05, 0) is 12.0 Å². The molecule has 1 unspecified atom stereocenters. The van der Waals surface area contributed by atoms with Crippen LogP contribution in [0.1, 0.15) is 31.1 Å². The summed E-state index contributed by atoms with van der Waals surface area (Å²) in [7, 11) is 0. The van der Waals surface area contributed by atoms with E-state index < -0.39 is 0 Å². The Labute approximate surface area is 100 Å². The lowest BCUT2D eigenvalue weighted by atomic mass is 10.2. The quantitative estimate of drug-likeness (QED) is 0.579. The zero-order valence-corrected chi connectivity index (χ0v) is 10.7. The molecule has 0 saturated carbocycles. The number of carbonyl (C=O) groups is 1. The molecule has 1 rings (SSSR count). The van der Waals surface area contributed by atoms with E-state index in [0.29, 0.717) is 21.8 Å². The molecule has 0 aromatic heterocycles. The lowest BCUT2D eigenvalue weighted by molar-refractivity contribution is 0.112. The number of benzene rings is 1. The number of hydrogen-bond acceptors (Lipinski definition) is 2. The van der Waals surface area contributed by atoms with E-state index in [9.17, 15) is 4.79 Å². The summed E-state index contributed by atoms with van der Waals surface area (Å²) >= 11 is 7.74. The molecular formula is C12H15ClOS. The van der Waals surface area contributed by atoms with Crippen LogP contribution in [0.3, 0.4) is 0 Å². The van der Waals surface area contributed by atoms with Gasteiger partial charge in [0.05, 0.1) is 5.02 Å². The molecule has 1 nitrogen and oxygen atoms in total. The van der Waals surface area contributed by atoms with E-state index in [-0.39, 0.29) is 0 Å². The molecule has 0 amide bonds. The maximum absolute atomic E-state index is 10.9. The third kappa shape index (κ3) is 3.25.